The first-order chi connectivity index (χ1) is 18.6. The summed E-state index contributed by atoms with van der Waals surface area (Å²) < 4.78 is 1.27. The number of amides is 3. The highest BCUT2D eigenvalue weighted by molar-refractivity contribution is 8.03. The summed E-state index contributed by atoms with van der Waals surface area (Å²) in [5.41, 5.74) is 5.84. The number of carboxylic acid groups (broad SMARTS) is 1. The Hall–Kier alpha value is -3.08. The Bertz CT molecular complexity index is 1180. The molecule has 8 atom stereocenters. The number of nitrogens with zero attached hydrogens (tertiary/aromatic N) is 6. The van der Waals surface area contributed by atoms with Gasteiger partial charge in [0.25, 0.3) is 0 Å². The molecule has 0 radical (unpaired) electrons. The number of aliphatic hydroxyl groups excluding tert-OH is 1. The van der Waals surface area contributed by atoms with Gasteiger partial charge in [-0.05, 0) is 30.2 Å². The lowest BCUT2D eigenvalue weighted by molar-refractivity contribution is -0.158. The van der Waals surface area contributed by atoms with Gasteiger partial charge < -0.3 is 36.4 Å². The van der Waals surface area contributed by atoms with Crippen molar-refractivity contribution in [2.45, 2.75) is 68.8 Å². The molecule has 15 nitrogen and oxygen atoms in total. The fourth-order valence-corrected chi connectivity index (χ4v) is 7.50. The zero-order valence-corrected chi connectivity index (χ0v) is 22.5. The molecule has 0 aromatic carbocycles. The number of hydrogen-bond donors (Lipinski definition) is 5. The Balaban J connectivity index is 1.22. The van der Waals surface area contributed by atoms with E-state index < -0.39 is 30.1 Å². The number of nitrogens with two attached hydrogens (primary N) is 1. The fourth-order valence-electron chi connectivity index (χ4n) is 6.02. The molecule has 39 heavy (non-hydrogen) atoms. The maximum absolute atomic E-state index is 13.1. The van der Waals surface area contributed by atoms with E-state index in [0.29, 0.717) is 30.8 Å². The second kappa shape index (κ2) is 10.8. The molecule has 0 bridgehead atoms. The molecule has 0 saturated carbocycles. The zero-order chi connectivity index (χ0) is 28.0. The summed E-state index contributed by atoms with van der Waals surface area (Å²) in [7, 11) is 0. The maximum atomic E-state index is 13.1. The Morgan fingerprint density at radius 2 is 2.13 bits per heavy atom. The Morgan fingerprint density at radius 1 is 1.36 bits per heavy atom. The van der Waals surface area contributed by atoms with Crippen molar-refractivity contribution in [1.82, 2.24) is 40.6 Å². The van der Waals surface area contributed by atoms with Gasteiger partial charge in [-0.3, -0.25) is 14.4 Å². The minimum Gasteiger partial charge on any atom is -0.477 e. The molecule has 0 spiro atoms. The molecule has 5 heterocycles. The number of β-amino-alcohol motifs (C(OH)–C–C–N with tert-alkyl or cyclic N) is 1. The van der Waals surface area contributed by atoms with Crippen molar-refractivity contribution < 1.29 is 29.4 Å². The molecule has 212 valence electrons. The first kappa shape index (κ1) is 27.5. The number of aromatic nitrogens is 4. The van der Waals surface area contributed by atoms with Gasteiger partial charge in [0.05, 0.1) is 24.1 Å². The highest BCUT2D eigenvalue weighted by Crippen LogP contribution is 2.51. The number of likely N-dealkylation sites (tertiary alicyclic amines) is 1. The van der Waals surface area contributed by atoms with Gasteiger partial charge in [-0.2, -0.15) is 0 Å². The molecule has 3 saturated heterocycles. The Labute approximate surface area is 228 Å². The van der Waals surface area contributed by atoms with E-state index in [1.165, 1.54) is 27.7 Å². The number of aliphatic carboxylic acids is 1. The van der Waals surface area contributed by atoms with E-state index in [2.05, 4.69) is 26.2 Å². The van der Waals surface area contributed by atoms with Crippen molar-refractivity contribution in [2.24, 2.45) is 17.6 Å². The number of fused-ring (bicyclic) bond motifs is 1. The van der Waals surface area contributed by atoms with Gasteiger partial charge in [0.15, 0.2) is 0 Å². The molecular weight excluding hydrogens is 530 g/mol. The summed E-state index contributed by atoms with van der Waals surface area (Å²) in [5.74, 6) is -2.79. The summed E-state index contributed by atoms with van der Waals surface area (Å²) in [6.07, 6.45) is 1.59. The van der Waals surface area contributed by atoms with Gasteiger partial charge >= 0.3 is 5.97 Å². The number of piperidine rings is 1. The van der Waals surface area contributed by atoms with E-state index in [9.17, 15) is 29.4 Å². The lowest BCUT2D eigenvalue weighted by atomic mass is 9.78. The Kier molecular flexibility index (Phi) is 7.63. The zero-order valence-electron chi connectivity index (χ0n) is 21.6. The number of carbonyl (C=O) groups is 4. The van der Waals surface area contributed by atoms with Crippen LogP contribution in [0.25, 0.3) is 0 Å². The van der Waals surface area contributed by atoms with Crippen LogP contribution in [0.1, 0.15) is 26.7 Å². The number of aliphatic hydroxyl groups is 1. The van der Waals surface area contributed by atoms with Gasteiger partial charge in [0, 0.05) is 47.8 Å². The van der Waals surface area contributed by atoms with Gasteiger partial charge in [-0.25, -0.2) is 9.48 Å². The first-order valence-electron chi connectivity index (χ1n) is 13.0. The number of tetrazole rings is 1. The minimum absolute atomic E-state index is 0.0196. The standard InChI is InChI=1S/C23H33N9O6S/c1-10-18-17(11(2)27-16(34)8-31-9-26-28-29-31)22(36)32(18)19(23(37)38)20(10)39-12-5-14(25-6-12)21(35)30-4-3-13(24)15(33)7-30/h9-15,17-18,25,33H,3-8,24H2,1-2H3,(H,27,34)(H,37,38)/t10-,11-,12+,13+,14+,15+,17-,18-/m1/s1. The summed E-state index contributed by atoms with van der Waals surface area (Å²) >= 11 is 1.40. The first-order valence-corrected chi connectivity index (χ1v) is 13.9. The van der Waals surface area contributed by atoms with Crippen molar-refractivity contribution in [2.75, 3.05) is 19.6 Å². The van der Waals surface area contributed by atoms with E-state index in [1.54, 1.807) is 11.8 Å². The lowest BCUT2D eigenvalue weighted by Crippen LogP contribution is -2.66. The molecule has 0 aliphatic carbocycles. The average Bonchev–Trinajstić information content (AvgIpc) is 3.61. The number of nitrogens with one attached hydrogen (secondary N) is 2. The number of β-lactam (4-membered cyclic amide) rings is 1. The topological polar surface area (TPSA) is 209 Å². The van der Waals surface area contributed by atoms with Crippen LogP contribution in [-0.4, -0.2) is 119 Å². The van der Waals surface area contributed by atoms with Crippen molar-refractivity contribution in [3.8, 4) is 0 Å². The molecule has 3 amide bonds. The third kappa shape index (κ3) is 5.13. The van der Waals surface area contributed by atoms with E-state index in [-0.39, 0.29) is 59.8 Å². The van der Waals surface area contributed by atoms with E-state index in [4.69, 9.17) is 5.73 Å². The molecule has 16 heteroatoms. The maximum Gasteiger partial charge on any atom is 0.353 e. The monoisotopic (exact) mass is 563 g/mol. The van der Waals surface area contributed by atoms with Crippen LogP contribution >= 0.6 is 11.8 Å². The van der Waals surface area contributed by atoms with Crippen LogP contribution in [-0.2, 0) is 25.7 Å². The summed E-state index contributed by atoms with van der Waals surface area (Å²) in [6, 6.07) is -1.68. The highest BCUT2D eigenvalue weighted by Gasteiger charge is 2.60. The van der Waals surface area contributed by atoms with E-state index in [1.807, 2.05) is 6.92 Å². The third-order valence-corrected chi connectivity index (χ3v) is 9.56. The van der Waals surface area contributed by atoms with Gasteiger partial charge in [-0.15, -0.1) is 16.9 Å². The van der Waals surface area contributed by atoms with Crippen LogP contribution in [0, 0.1) is 11.8 Å². The van der Waals surface area contributed by atoms with Crippen molar-refractivity contribution in [3.63, 3.8) is 0 Å². The molecular formula is C23H33N9O6S. The minimum atomic E-state index is -1.17. The smallest absolute Gasteiger partial charge is 0.353 e. The largest absolute Gasteiger partial charge is 0.477 e. The van der Waals surface area contributed by atoms with Crippen molar-refractivity contribution >= 4 is 35.5 Å². The molecule has 6 N–H and O–H groups in total. The average molecular weight is 564 g/mol. The quantitative estimate of drug-likeness (QED) is 0.205. The molecule has 1 aromatic rings. The summed E-state index contributed by atoms with van der Waals surface area (Å²) in [4.78, 5) is 54.4. The van der Waals surface area contributed by atoms with Crippen LogP contribution in [0.4, 0.5) is 0 Å². The molecule has 1 aromatic heterocycles. The van der Waals surface area contributed by atoms with Crippen molar-refractivity contribution in [3.05, 3.63) is 16.9 Å². The number of carboxylic acids is 1. The molecule has 4 aliphatic heterocycles. The molecule has 3 fully saturated rings. The van der Waals surface area contributed by atoms with Gasteiger partial charge in [0.1, 0.15) is 18.6 Å². The number of hydrogen-bond acceptors (Lipinski definition) is 11. The molecule has 4 aliphatic rings. The Morgan fingerprint density at radius 3 is 2.79 bits per heavy atom. The third-order valence-electron chi connectivity index (χ3n) is 8.04. The van der Waals surface area contributed by atoms with E-state index in [0.717, 1.165) is 0 Å². The second-order valence-electron chi connectivity index (χ2n) is 10.6. The normalized spacial score (nSPS) is 33.1. The lowest BCUT2D eigenvalue weighted by Gasteiger charge is -2.47. The van der Waals surface area contributed by atoms with E-state index >= 15 is 0 Å². The van der Waals surface area contributed by atoms with Crippen molar-refractivity contribution in [1.29, 1.82) is 0 Å². The van der Waals surface area contributed by atoms with Crippen LogP contribution in [0.15, 0.2) is 16.9 Å². The highest BCUT2D eigenvalue weighted by atomic mass is 32.2. The summed E-state index contributed by atoms with van der Waals surface area (Å²) in [6.45, 7) is 4.73. The van der Waals surface area contributed by atoms with Crippen LogP contribution in [0.2, 0.25) is 0 Å². The number of thioether (sulfide) groups is 1. The van der Waals surface area contributed by atoms with Crippen LogP contribution < -0.4 is 16.4 Å². The molecule has 5 rings (SSSR count). The van der Waals surface area contributed by atoms with Crippen LogP contribution in [0.5, 0.6) is 0 Å². The van der Waals surface area contributed by atoms with Gasteiger partial charge in [0.2, 0.25) is 17.7 Å². The number of rotatable bonds is 8. The predicted octanol–water partition coefficient (Wildman–Crippen LogP) is -2.67. The number of carbonyl (C=O) groups excluding carboxylic acids is 3. The summed E-state index contributed by atoms with van der Waals surface area (Å²) in [5, 5.41) is 36.7. The van der Waals surface area contributed by atoms with Crippen LogP contribution in [0.3, 0.4) is 0 Å². The predicted molar refractivity (Wildman–Crippen MR) is 136 cm³/mol. The van der Waals surface area contributed by atoms with Gasteiger partial charge in [-0.1, -0.05) is 6.92 Å². The fraction of sp³-hybridized carbons (Fsp3) is 0.696. The SMILES string of the molecule is C[C@@H](NC(=O)Cn1cnnn1)[C@H]1C(=O)N2C(C(=O)O)=C(S[C@@H]3CN[C@H](C(=O)N4CC[C@H](N)[C@@H](O)C4)C3)[C@H](C)[C@H]12. The molecule has 0 unspecified atom stereocenters. The second-order valence-corrected chi connectivity index (χ2v) is 12.0.